The largest absolute Gasteiger partial charge is 0.476 e. The predicted octanol–water partition coefficient (Wildman–Crippen LogP) is 2.37. The van der Waals surface area contributed by atoms with Crippen LogP contribution in [-0.2, 0) is 12.6 Å². The molecule has 0 aliphatic rings. The fraction of sp³-hybridized carbons (Fsp3) is 0.333. The Balaban J connectivity index is 1.86. The smallest absolute Gasteiger partial charge is 0.452 e. The molecule has 11 heteroatoms. The van der Waals surface area contributed by atoms with Gasteiger partial charge < -0.3 is 10.4 Å². The van der Waals surface area contributed by atoms with Crippen LogP contribution in [0.4, 0.5) is 18.3 Å². The van der Waals surface area contributed by atoms with E-state index < -0.39 is 18.0 Å². The zero-order valence-corrected chi connectivity index (χ0v) is 11.3. The second-order valence-electron chi connectivity index (χ2n) is 3.53. The maximum atomic E-state index is 12.3. The molecule has 6 nitrogen and oxygen atoms in total. The standard InChI is InChI=1S/C9H7F3N4O2S2/c10-9(11,12)7-15-8(20-16-7)13-2-1-5-14-4(3-19-5)6(17)18/h3H,1-2H2,(H,17,18)(H,13,15,16). The van der Waals surface area contributed by atoms with Crippen molar-refractivity contribution in [2.45, 2.75) is 12.6 Å². The van der Waals surface area contributed by atoms with Crippen LogP contribution in [0.15, 0.2) is 5.38 Å². The van der Waals surface area contributed by atoms with Gasteiger partial charge in [0, 0.05) is 29.9 Å². The van der Waals surface area contributed by atoms with E-state index in [9.17, 15) is 18.0 Å². The van der Waals surface area contributed by atoms with Crippen LogP contribution in [-0.4, -0.2) is 32.0 Å². The van der Waals surface area contributed by atoms with Gasteiger partial charge in [-0.05, 0) is 0 Å². The third kappa shape index (κ3) is 3.63. The normalized spacial score (nSPS) is 11.6. The van der Waals surface area contributed by atoms with E-state index >= 15 is 0 Å². The Bertz CT molecular complexity index is 610. The molecule has 0 atom stereocenters. The minimum Gasteiger partial charge on any atom is -0.476 e. The topological polar surface area (TPSA) is 88.0 Å². The number of rotatable bonds is 5. The summed E-state index contributed by atoms with van der Waals surface area (Å²) in [7, 11) is 0. The van der Waals surface area contributed by atoms with Crippen LogP contribution in [0, 0.1) is 0 Å². The molecular formula is C9H7F3N4O2S2. The van der Waals surface area contributed by atoms with Crippen LogP contribution < -0.4 is 5.32 Å². The molecule has 20 heavy (non-hydrogen) atoms. The van der Waals surface area contributed by atoms with Crippen LogP contribution in [0.5, 0.6) is 0 Å². The summed E-state index contributed by atoms with van der Waals surface area (Å²) in [6.07, 6.45) is -4.17. The third-order valence-electron chi connectivity index (χ3n) is 2.07. The van der Waals surface area contributed by atoms with Crippen molar-refractivity contribution in [1.29, 1.82) is 0 Å². The molecule has 0 aromatic carbocycles. The molecule has 0 saturated heterocycles. The van der Waals surface area contributed by atoms with Crippen LogP contribution in [0.3, 0.4) is 0 Å². The number of hydrogen-bond acceptors (Lipinski definition) is 7. The summed E-state index contributed by atoms with van der Waals surface area (Å²) in [4.78, 5) is 17.8. The Morgan fingerprint density at radius 1 is 1.40 bits per heavy atom. The lowest BCUT2D eigenvalue weighted by molar-refractivity contribution is -0.144. The molecule has 0 aliphatic carbocycles. The van der Waals surface area contributed by atoms with E-state index in [0.29, 0.717) is 29.5 Å². The average molecular weight is 324 g/mol. The lowest BCUT2D eigenvalue weighted by Gasteiger charge is -2.00. The highest BCUT2D eigenvalue weighted by molar-refractivity contribution is 7.10. The molecule has 108 valence electrons. The second-order valence-corrected chi connectivity index (χ2v) is 5.22. The number of carbonyl (C=O) groups is 1. The molecule has 2 heterocycles. The molecular weight excluding hydrogens is 317 g/mol. The minimum absolute atomic E-state index is 0.0414. The van der Waals surface area contributed by atoms with Crippen molar-refractivity contribution >= 4 is 34.0 Å². The molecule has 0 amide bonds. The quantitative estimate of drug-likeness (QED) is 0.878. The summed E-state index contributed by atoms with van der Waals surface area (Å²) < 4.78 is 40.0. The van der Waals surface area contributed by atoms with Crippen LogP contribution in [0.25, 0.3) is 0 Å². The lowest BCUT2D eigenvalue weighted by Crippen LogP contribution is -2.09. The molecule has 0 saturated carbocycles. The predicted molar refractivity (Wildman–Crippen MR) is 66.2 cm³/mol. The number of halogens is 3. The first-order valence-corrected chi connectivity index (χ1v) is 6.84. The third-order valence-corrected chi connectivity index (χ3v) is 3.65. The zero-order valence-electron chi connectivity index (χ0n) is 9.64. The van der Waals surface area contributed by atoms with Crippen molar-refractivity contribution in [3.63, 3.8) is 0 Å². The van der Waals surface area contributed by atoms with Gasteiger partial charge in [-0.3, -0.25) is 0 Å². The summed E-state index contributed by atoms with van der Waals surface area (Å²) >= 11 is 1.80. The molecule has 0 radical (unpaired) electrons. The minimum atomic E-state index is -4.55. The van der Waals surface area contributed by atoms with Gasteiger partial charge in [-0.15, -0.1) is 11.3 Å². The van der Waals surface area contributed by atoms with E-state index in [1.807, 2.05) is 0 Å². The van der Waals surface area contributed by atoms with Gasteiger partial charge in [0.15, 0.2) is 5.69 Å². The van der Waals surface area contributed by atoms with Gasteiger partial charge in [0.1, 0.15) is 0 Å². The molecule has 2 N–H and O–H groups in total. The number of aromatic nitrogens is 3. The van der Waals surface area contributed by atoms with Crippen molar-refractivity contribution in [2.24, 2.45) is 0 Å². The van der Waals surface area contributed by atoms with Crippen molar-refractivity contribution in [2.75, 3.05) is 11.9 Å². The summed E-state index contributed by atoms with van der Waals surface area (Å²) in [5, 5.41) is 13.4. The monoisotopic (exact) mass is 324 g/mol. The van der Waals surface area contributed by atoms with E-state index in [4.69, 9.17) is 5.11 Å². The number of carboxylic acids is 1. The lowest BCUT2D eigenvalue weighted by atomic mass is 10.4. The van der Waals surface area contributed by atoms with Gasteiger partial charge in [-0.2, -0.15) is 22.5 Å². The second kappa shape index (κ2) is 5.71. The first-order valence-electron chi connectivity index (χ1n) is 5.19. The number of nitrogens with zero attached hydrogens (tertiary/aromatic N) is 3. The number of alkyl halides is 3. The van der Waals surface area contributed by atoms with E-state index in [1.54, 1.807) is 0 Å². The molecule has 2 aromatic heterocycles. The number of thiazole rings is 1. The molecule has 0 unspecified atom stereocenters. The summed E-state index contributed by atoms with van der Waals surface area (Å²) in [5.41, 5.74) is -0.0414. The van der Waals surface area contributed by atoms with E-state index in [0.717, 1.165) is 0 Å². The first kappa shape index (κ1) is 14.7. The number of anilines is 1. The first-order chi connectivity index (χ1) is 9.36. The molecule has 0 aliphatic heterocycles. The zero-order chi connectivity index (χ0) is 14.8. The Hall–Kier alpha value is -1.75. The van der Waals surface area contributed by atoms with Gasteiger partial charge in [0.2, 0.25) is 11.0 Å². The molecule has 0 bridgehead atoms. The molecule has 0 spiro atoms. The van der Waals surface area contributed by atoms with E-state index in [1.165, 1.54) is 16.7 Å². The van der Waals surface area contributed by atoms with Crippen molar-refractivity contribution in [3.05, 3.63) is 21.9 Å². The molecule has 0 fully saturated rings. The Morgan fingerprint density at radius 3 is 2.70 bits per heavy atom. The van der Waals surface area contributed by atoms with Gasteiger partial charge in [-0.25, -0.2) is 9.78 Å². The Morgan fingerprint density at radius 2 is 2.15 bits per heavy atom. The van der Waals surface area contributed by atoms with Crippen molar-refractivity contribution < 1.29 is 23.1 Å². The average Bonchev–Trinajstić information content (AvgIpc) is 2.96. The summed E-state index contributed by atoms with van der Waals surface area (Å²) in [5.74, 6) is -2.29. The van der Waals surface area contributed by atoms with Crippen molar-refractivity contribution in [3.8, 4) is 0 Å². The fourth-order valence-corrected chi connectivity index (χ4v) is 2.59. The number of hydrogen-bond donors (Lipinski definition) is 2. The highest BCUT2D eigenvalue weighted by Crippen LogP contribution is 2.28. The highest BCUT2D eigenvalue weighted by atomic mass is 32.1. The van der Waals surface area contributed by atoms with Crippen molar-refractivity contribution in [1.82, 2.24) is 14.3 Å². The van der Waals surface area contributed by atoms with Gasteiger partial charge >= 0.3 is 12.1 Å². The molecule has 2 rings (SSSR count). The summed E-state index contributed by atoms with van der Waals surface area (Å²) in [6, 6.07) is 0. The highest BCUT2D eigenvalue weighted by Gasteiger charge is 2.36. The SMILES string of the molecule is O=C(O)c1csc(CCNc2nc(C(F)(F)F)ns2)n1. The Kier molecular flexibility index (Phi) is 4.18. The maximum absolute atomic E-state index is 12.3. The number of nitrogens with one attached hydrogen (secondary N) is 1. The van der Waals surface area contributed by atoms with Crippen LogP contribution >= 0.6 is 22.9 Å². The summed E-state index contributed by atoms with van der Waals surface area (Å²) in [6.45, 7) is 0.291. The van der Waals surface area contributed by atoms with Gasteiger partial charge in [0.05, 0.1) is 5.01 Å². The maximum Gasteiger partial charge on any atom is 0.452 e. The van der Waals surface area contributed by atoms with Gasteiger partial charge in [-0.1, -0.05) is 0 Å². The van der Waals surface area contributed by atoms with E-state index in [2.05, 4.69) is 19.7 Å². The Labute approximate surface area is 118 Å². The number of carboxylic acid groups (broad SMARTS) is 1. The van der Waals surface area contributed by atoms with Crippen LogP contribution in [0.1, 0.15) is 21.3 Å². The molecule has 2 aromatic rings. The fourth-order valence-electron chi connectivity index (χ4n) is 1.21. The van der Waals surface area contributed by atoms with E-state index in [-0.39, 0.29) is 10.8 Å². The number of aromatic carboxylic acids is 1. The van der Waals surface area contributed by atoms with Crippen LogP contribution in [0.2, 0.25) is 0 Å². The van der Waals surface area contributed by atoms with Gasteiger partial charge in [0.25, 0.3) is 0 Å².